The van der Waals surface area contributed by atoms with Crippen LogP contribution >= 0.6 is 11.8 Å². The van der Waals surface area contributed by atoms with Crippen LogP contribution in [0.3, 0.4) is 0 Å². The molecule has 1 fully saturated rings. The molecule has 0 radical (unpaired) electrons. The Balaban J connectivity index is 1.32. The first-order valence-corrected chi connectivity index (χ1v) is 12.6. The number of para-hydroxylation sites is 1. The van der Waals surface area contributed by atoms with E-state index in [4.69, 9.17) is 9.15 Å². The number of allylic oxidation sites excluding steroid dienone is 1. The Morgan fingerprint density at radius 2 is 2.03 bits per heavy atom. The second-order valence-electron chi connectivity index (χ2n) is 8.56. The third-order valence-corrected chi connectivity index (χ3v) is 7.30. The summed E-state index contributed by atoms with van der Waals surface area (Å²) in [7, 11) is 1.60. The van der Waals surface area contributed by atoms with Crippen molar-refractivity contribution in [3.63, 3.8) is 0 Å². The highest BCUT2D eigenvalue weighted by Gasteiger charge is 2.23. The molecule has 1 amide bonds. The Morgan fingerprint density at radius 1 is 1.21 bits per heavy atom. The monoisotopic (exact) mass is 476 g/mol. The molecule has 1 aliphatic rings. The van der Waals surface area contributed by atoms with Gasteiger partial charge in [0.15, 0.2) is 5.16 Å². The number of amides is 1. The van der Waals surface area contributed by atoms with Crippen LogP contribution in [0.4, 0.5) is 5.69 Å². The number of methoxy groups -OCH3 is 1. The number of hydrogen-bond donors (Lipinski definition) is 1. The first kappa shape index (κ1) is 22.5. The lowest BCUT2D eigenvalue weighted by Crippen LogP contribution is -2.16. The zero-order valence-electron chi connectivity index (χ0n) is 19.3. The van der Waals surface area contributed by atoms with Crippen LogP contribution in [0.2, 0.25) is 0 Å². The smallest absolute Gasteiger partial charge is 0.234 e. The molecule has 1 aliphatic carbocycles. The standard InChI is InChI=1S/C26H28N4O3S/c1-3-13-30-25(17-9-5-4-6-10-17)28-29-26(30)34-16-24(31)27-20-15-22-19(14-23(20)32-2)18-11-7-8-12-21(18)33-22/h3,7-8,11-12,14-15,17H,1,4-6,9-10,13,16H2,2H3,(H,27,31). The molecule has 0 atom stereocenters. The lowest BCUT2D eigenvalue weighted by Gasteiger charge is -2.21. The number of furan rings is 1. The van der Waals surface area contributed by atoms with Gasteiger partial charge in [0.2, 0.25) is 5.91 Å². The highest BCUT2D eigenvalue weighted by molar-refractivity contribution is 7.99. The van der Waals surface area contributed by atoms with Gasteiger partial charge in [-0.15, -0.1) is 16.8 Å². The van der Waals surface area contributed by atoms with Crippen LogP contribution in [-0.2, 0) is 11.3 Å². The lowest BCUT2D eigenvalue weighted by molar-refractivity contribution is -0.113. The van der Waals surface area contributed by atoms with Gasteiger partial charge in [-0.25, -0.2) is 0 Å². The summed E-state index contributed by atoms with van der Waals surface area (Å²) in [6, 6.07) is 11.6. The Kier molecular flexibility index (Phi) is 6.58. The van der Waals surface area contributed by atoms with Crippen molar-refractivity contribution in [2.75, 3.05) is 18.2 Å². The van der Waals surface area contributed by atoms with Crippen LogP contribution in [0, 0.1) is 0 Å². The second kappa shape index (κ2) is 9.93. The van der Waals surface area contributed by atoms with E-state index in [9.17, 15) is 4.79 Å². The van der Waals surface area contributed by atoms with E-state index in [0.29, 0.717) is 29.5 Å². The van der Waals surface area contributed by atoms with Gasteiger partial charge in [-0.2, -0.15) is 0 Å². The molecule has 0 saturated heterocycles. The fourth-order valence-corrected chi connectivity index (χ4v) is 5.46. The molecule has 2 aromatic carbocycles. The van der Waals surface area contributed by atoms with Crippen molar-refractivity contribution in [1.82, 2.24) is 14.8 Å². The average Bonchev–Trinajstić information content (AvgIpc) is 3.43. The summed E-state index contributed by atoms with van der Waals surface area (Å²) in [5.74, 6) is 2.10. The molecule has 4 aromatic rings. The van der Waals surface area contributed by atoms with Crippen molar-refractivity contribution in [3.05, 3.63) is 54.9 Å². The molecule has 0 bridgehead atoms. The number of ether oxygens (including phenoxy) is 1. The molecule has 1 saturated carbocycles. The molecular weight excluding hydrogens is 448 g/mol. The molecule has 8 heteroatoms. The third-order valence-electron chi connectivity index (χ3n) is 6.33. The second-order valence-corrected chi connectivity index (χ2v) is 9.50. The van der Waals surface area contributed by atoms with Gasteiger partial charge in [-0.1, -0.05) is 55.3 Å². The molecular formula is C26H28N4O3S. The van der Waals surface area contributed by atoms with Crippen molar-refractivity contribution >= 4 is 45.3 Å². The number of benzene rings is 2. The van der Waals surface area contributed by atoms with Crippen LogP contribution in [0.25, 0.3) is 21.9 Å². The summed E-state index contributed by atoms with van der Waals surface area (Å²) in [6.45, 7) is 4.52. The predicted octanol–water partition coefficient (Wildman–Crippen LogP) is 6.15. The lowest BCUT2D eigenvalue weighted by atomic mass is 9.89. The Morgan fingerprint density at radius 3 is 2.82 bits per heavy atom. The molecule has 0 spiro atoms. The van der Waals surface area contributed by atoms with Crippen molar-refractivity contribution in [2.45, 2.75) is 49.7 Å². The minimum absolute atomic E-state index is 0.147. The van der Waals surface area contributed by atoms with Crippen molar-refractivity contribution in [1.29, 1.82) is 0 Å². The van der Waals surface area contributed by atoms with Gasteiger partial charge < -0.3 is 19.0 Å². The van der Waals surface area contributed by atoms with Crippen LogP contribution in [0.15, 0.2) is 58.6 Å². The van der Waals surface area contributed by atoms with E-state index in [1.165, 1.54) is 31.0 Å². The van der Waals surface area contributed by atoms with Crippen LogP contribution in [0.1, 0.15) is 43.8 Å². The van der Waals surface area contributed by atoms with Crippen molar-refractivity contribution < 1.29 is 13.9 Å². The highest BCUT2D eigenvalue weighted by atomic mass is 32.2. The molecule has 7 nitrogen and oxygen atoms in total. The number of anilines is 1. The zero-order chi connectivity index (χ0) is 23.5. The summed E-state index contributed by atoms with van der Waals surface area (Å²) in [4.78, 5) is 12.8. The van der Waals surface area contributed by atoms with Gasteiger partial charge in [-0.3, -0.25) is 4.79 Å². The molecule has 0 aliphatic heterocycles. The number of fused-ring (bicyclic) bond motifs is 3. The number of nitrogens with one attached hydrogen (secondary N) is 1. The number of thioether (sulfide) groups is 1. The third kappa shape index (κ3) is 4.42. The molecule has 5 rings (SSSR count). The van der Waals surface area contributed by atoms with Crippen molar-refractivity contribution in [3.8, 4) is 5.75 Å². The van der Waals surface area contributed by atoms with E-state index in [1.807, 2.05) is 42.5 Å². The maximum absolute atomic E-state index is 12.8. The summed E-state index contributed by atoms with van der Waals surface area (Å²) >= 11 is 1.39. The molecule has 176 valence electrons. The van der Waals surface area contributed by atoms with Gasteiger partial charge in [-0.05, 0) is 25.0 Å². The SMILES string of the molecule is C=CCn1c(SCC(=O)Nc2cc3oc4ccccc4c3cc2OC)nnc1C1CCCCC1. The largest absolute Gasteiger partial charge is 0.495 e. The van der Waals surface area contributed by atoms with E-state index in [-0.39, 0.29) is 11.7 Å². The van der Waals surface area contributed by atoms with Crippen LogP contribution < -0.4 is 10.1 Å². The fraction of sp³-hybridized carbons (Fsp3) is 0.346. The summed E-state index contributed by atoms with van der Waals surface area (Å²) in [5.41, 5.74) is 2.08. The predicted molar refractivity (Wildman–Crippen MR) is 136 cm³/mol. The maximum atomic E-state index is 12.8. The quantitative estimate of drug-likeness (QED) is 0.243. The Hall–Kier alpha value is -3.26. The first-order chi connectivity index (χ1) is 16.7. The van der Waals surface area contributed by atoms with E-state index in [1.54, 1.807) is 7.11 Å². The number of carbonyl (C=O) groups excluding carboxylic acids is 1. The molecule has 2 aromatic heterocycles. The normalized spacial score (nSPS) is 14.5. The number of aromatic nitrogens is 3. The minimum Gasteiger partial charge on any atom is -0.495 e. The average molecular weight is 477 g/mol. The van der Waals surface area contributed by atoms with Gasteiger partial charge >= 0.3 is 0 Å². The minimum atomic E-state index is -0.147. The number of nitrogens with zero attached hydrogens (tertiary/aromatic N) is 3. The Labute approximate surface area is 202 Å². The van der Waals surface area contributed by atoms with Gasteiger partial charge in [0.05, 0.1) is 18.6 Å². The van der Waals surface area contributed by atoms with E-state index in [0.717, 1.165) is 40.2 Å². The topological polar surface area (TPSA) is 82.2 Å². The molecule has 34 heavy (non-hydrogen) atoms. The maximum Gasteiger partial charge on any atom is 0.234 e. The van der Waals surface area contributed by atoms with E-state index < -0.39 is 0 Å². The molecule has 2 heterocycles. The summed E-state index contributed by atoms with van der Waals surface area (Å²) < 4.78 is 13.6. The zero-order valence-corrected chi connectivity index (χ0v) is 20.1. The summed E-state index contributed by atoms with van der Waals surface area (Å²) in [6.07, 6.45) is 7.89. The molecule has 0 unspecified atom stereocenters. The van der Waals surface area contributed by atoms with Crippen LogP contribution in [0.5, 0.6) is 5.75 Å². The van der Waals surface area contributed by atoms with Gasteiger partial charge in [0.1, 0.15) is 22.7 Å². The highest BCUT2D eigenvalue weighted by Crippen LogP contribution is 2.37. The van der Waals surface area contributed by atoms with Gasteiger partial charge in [0, 0.05) is 29.3 Å². The van der Waals surface area contributed by atoms with E-state index >= 15 is 0 Å². The van der Waals surface area contributed by atoms with Crippen LogP contribution in [-0.4, -0.2) is 33.5 Å². The summed E-state index contributed by atoms with van der Waals surface area (Å²) in [5, 5.41) is 14.6. The fourth-order valence-electron chi connectivity index (χ4n) is 4.70. The van der Waals surface area contributed by atoms with E-state index in [2.05, 4.69) is 26.7 Å². The first-order valence-electron chi connectivity index (χ1n) is 11.6. The number of hydrogen-bond acceptors (Lipinski definition) is 6. The number of rotatable bonds is 8. The Bertz CT molecular complexity index is 1340. The molecule has 1 N–H and O–H groups in total. The van der Waals surface area contributed by atoms with Gasteiger partial charge in [0.25, 0.3) is 0 Å². The van der Waals surface area contributed by atoms with Crippen molar-refractivity contribution in [2.24, 2.45) is 0 Å². The number of carbonyl (C=O) groups is 1.